The molecule has 0 aromatic carbocycles. The highest BCUT2D eigenvalue weighted by molar-refractivity contribution is 7.89. The highest BCUT2D eigenvalue weighted by Crippen LogP contribution is 2.31. The summed E-state index contributed by atoms with van der Waals surface area (Å²) in [7, 11) is -1.83. The zero-order valence-electron chi connectivity index (χ0n) is 17.6. The standard InChI is InChI=1S/C21H26N4O3S3/c1-15-19(21(26)25-10-4-3-5-11-25)30-20(23-15)18-13-17(14-24(18)2)31(27,28)22-9-8-16-7-6-12-29-16/h6-7,12-14,22H,3-5,8-11H2,1-2H3. The number of hydrogen-bond acceptors (Lipinski definition) is 6. The molecule has 1 saturated heterocycles. The summed E-state index contributed by atoms with van der Waals surface area (Å²) in [6, 6.07) is 5.58. The van der Waals surface area contributed by atoms with Crippen LogP contribution >= 0.6 is 22.7 Å². The number of rotatable bonds is 7. The molecule has 3 aromatic heterocycles. The van der Waals surface area contributed by atoms with Gasteiger partial charge in [-0.2, -0.15) is 0 Å². The average molecular weight is 479 g/mol. The largest absolute Gasteiger partial charge is 0.347 e. The zero-order valence-corrected chi connectivity index (χ0v) is 20.1. The highest BCUT2D eigenvalue weighted by Gasteiger charge is 2.25. The van der Waals surface area contributed by atoms with Crippen LogP contribution in [0.15, 0.2) is 34.7 Å². The van der Waals surface area contributed by atoms with E-state index in [1.165, 1.54) is 17.8 Å². The SMILES string of the molecule is Cc1nc(-c2cc(S(=O)(=O)NCCc3cccs3)cn2C)sc1C(=O)N1CCCCC1. The zero-order chi connectivity index (χ0) is 22.0. The van der Waals surface area contributed by atoms with Gasteiger partial charge in [0.2, 0.25) is 10.0 Å². The molecule has 7 nitrogen and oxygen atoms in total. The smallest absolute Gasteiger partial charge is 0.265 e. The molecule has 4 heterocycles. The number of aryl methyl sites for hydroxylation is 2. The number of amides is 1. The van der Waals surface area contributed by atoms with Gasteiger partial charge >= 0.3 is 0 Å². The van der Waals surface area contributed by atoms with Crippen LogP contribution in [0.3, 0.4) is 0 Å². The van der Waals surface area contributed by atoms with Crippen LogP contribution in [0.4, 0.5) is 0 Å². The Morgan fingerprint density at radius 1 is 1.26 bits per heavy atom. The van der Waals surface area contributed by atoms with E-state index in [-0.39, 0.29) is 10.8 Å². The molecule has 4 rings (SSSR count). The van der Waals surface area contributed by atoms with Crippen LogP contribution in [-0.2, 0) is 23.5 Å². The summed E-state index contributed by atoms with van der Waals surface area (Å²) in [5.74, 6) is 0.0262. The minimum absolute atomic E-state index is 0.0262. The van der Waals surface area contributed by atoms with Crippen LogP contribution in [0.25, 0.3) is 10.7 Å². The summed E-state index contributed by atoms with van der Waals surface area (Å²) in [6.45, 7) is 3.76. The van der Waals surface area contributed by atoms with E-state index in [0.717, 1.165) is 30.8 Å². The third-order valence-electron chi connectivity index (χ3n) is 5.39. The third kappa shape index (κ3) is 4.92. The lowest BCUT2D eigenvalue weighted by molar-refractivity contribution is 0.0728. The van der Waals surface area contributed by atoms with Gasteiger partial charge in [-0.1, -0.05) is 6.07 Å². The molecule has 31 heavy (non-hydrogen) atoms. The first-order valence-corrected chi connectivity index (χ1v) is 13.5. The van der Waals surface area contributed by atoms with Gasteiger partial charge in [-0.25, -0.2) is 18.1 Å². The molecule has 1 fully saturated rings. The molecule has 0 saturated carbocycles. The fourth-order valence-corrected chi connectivity index (χ4v) is 6.59. The summed E-state index contributed by atoms with van der Waals surface area (Å²) in [5.41, 5.74) is 1.37. The summed E-state index contributed by atoms with van der Waals surface area (Å²) < 4.78 is 29.9. The number of piperidine rings is 1. The Bertz CT molecular complexity index is 1160. The Labute approximate surface area is 190 Å². The number of thiophene rings is 1. The monoisotopic (exact) mass is 478 g/mol. The van der Waals surface area contributed by atoms with Crippen molar-refractivity contribution in [3.63, 3.8) is 0 Å². The van der Waals surface area contributed by atoms with Gasteiger partial charge < -0.3 is 9.47 Å². The fourth-order valence-electron chi connectivity index (χ4n) is 3.69. The topological polar surface area (TPSA) is 84.3 Å². The van der Waals surface area contributed by atoms with Crippen molar-refractivity contribution in [1.82, 2.24) is 19.2 Å². The van der Waals surface area contributed by atoms with Gasteiger partial charge in [-0.05, 0) is 50.1 Å². The second-order valence-electron chi connectivity index (χ2n) is 7.69. The molecule has 0 aliphatic carbocycles. The summed E-state index contributed by atoms with van der Waals surface area (Å²) in [4.78, 5) is 21.4. The highest BCUT2D eigenvalue weighted by atomic mass is 32.2. The Morgan fingerprint density at radius 3 is 2.74 bits per heavy atom. The van der Waals surface area contributed by atoms with Crippen LogP contribution in [-0.4, -0.2) is 48.4 Å². The molecule has 0 spiro atoms. The number of aromatic nitrogens is 2. The Kier molecular flexibility index (Phi) is 6.61. The molecule has 0 radical (unpaired) electrons. The lowest BCUT2D eigenvalue weighted by Gasteiger charge is -2.26. The van der Waals surface area contributed by atoms with Gasteiger partial charge in [0, 0.05) is 37.8 Å². The fraction of sp³-hybridized carbons (Fsp3) is 0.429. The van der Waals surface area contributed by atoms with Crippen molar-refractivity contribution in [2.75, 3.05) is 19.6 Å². The number of sulfonamides is 1. The van der Waals surface area contributed by atoms with Crippen LogP contribution < -0.4 is 4.72 Å². The number of nitrogens with zero attached hydrogens (tertiary/aromatic N) is 3. The Morgan fingerprint density at radius 2 is 2.03 bits per heavy atom. The van der Waals surface area contributed by atoms with Gasteiger partial charge in [0.25, 0.3) is 5.91 Å². The molecular weight excluding hydrogens is 452 g/mol. The van der Waals surface area contributed by atoms with E-state index in [9.17, 15) is 13.2 Å². The van der Waals surface area contributed by atoms with E-state index < -0.39 is 10.0 Å². The molecule has 1 aliphatic rings. The van der Waals surface area contributed by atoms with E-state index in [2.05, 4.69) is 9.71 Å². The number of thiazole rings is 1. The minimum atomic E-state index is -3.62. The van der Waals surface area contributed by atoms with E-state index in [1.54, 1.807) is 35.2 Å². The maximum Gasteiger partial charge on any atom is 0.265 e. The van der Waals surface area contributed by atoms with E-state index >= 15 is 0 Å². The first-order chi connectivity index (χ1) is 14.8. The van der Waals surface area contributed by atoms with E-state index in [1.807, 2.05) is 29.3 Å². The van der Waals surface area contributed by atoms with Gasteiger partial charge in [-0.3, -0.25) is 4.79 Å². The van der Waals surface area contributed by atoms with Gasteiger partial charge in [0.05, 0.1) is 11.4 Å². The molecule has 0 bridgehead atoms. The maximum absolute atomic E-state index is 12.9. The van der Waals surface area contributed by atoms with Crippen LogP contribution in [0, 0.1) is 6.92 Å². The molecule has 166 valence electrons. The van der Waals surface area contributed by atoms with Crippen molar-refractivity contribution >= 4 is 38.6 Å². The van der Waals surface area contributed by atoms with Gasteiger partial charge in [0.1, 0.15) is 14.8 Å². The van der Waals surface area contributed by atoms with Crippen LogP contribution in [0.2, 0.25) is 0 Å². The van der Waals surface area contributed by atoms with Gasteiger partial charge in [0.15, 0.2) is 0 Å². The molecule has 1 aliphatic heterocycles. The normalized spacial score (nSPS) is 14.8. The van der Waals surface area contributed by atoms with Crippen molar-refractivity contribution < 1.29 is 13.2 Å². The second-order valence-corrected chi connectivity index (χ2v) is 11.5. The number of likely N-dealkylation sites (tertiary alicyclic amines) is 1. The predicted molar refractivity (Wildman–Crippen MR) is 124 cm³/mol. The third-order valence-corrected chi connectivity index (χ3v) is 8.92. The molecule has 0 atom stereocenters. The average Bonchev–Trinajstić information content (AvgIpc) is 3.48. The molecular formula is C21H26N4O3S3. The molecule has 0 unspecified atom stereocenters. The molecule has 3 aromatic rings. The molecule has 10 heteroatoms. The number of carbonyl (C=O) groups excluding carboxylic acids is 1. The van der Waals surface area contributed by atoms with Crippen LogP contribution in [0.1, 0.15) is 39.5 Å². The number of hydrogen-bond donors (Lipinski definition) is 1. The molecule has 1 N–H and O–H groups in total. The second kappa shape index (κ2) is 9.23. The van der Waals surface area contributed by atoms with Crippen molar-refractivity contribution in [3.05, 3.63) is 45.2 Å². The quantitative estimate of drug-likeness (QED) is 0.562. The van der Waals surface area contributed by atoms with Crippen molar-refractivity contribution in [1.29, 1.82) is 0 Å². The summed E-state index contributed by atoms with van der Waals surface area (Å²) >= 11 is 2.94. The first-order valence-electron chi connectivity index (χ1n) is 10.3. The summed E-state index contributed by atoms with van der Waals surface area (Å²) in [5, 5.41) is 2.63. The van der Waals surface area contributed by atoms with E-state index in [0.29, 0.717) is 34.2 Å². The summed E-state index contributed by atoms with van der Waals surface area (Å²) in [6.07, 6.45) is 5.48. The van der Waals surface area contributed by atoms with Gasteiger partial charge in [-0.15, -0.1) is 22.7 Å². The van der Waals surface area contributed by atoms with Crippen molar-refractivity contribution in [2.45, 2.75) is 37.5 Å². The lowest BCUT2D eigenvalue weighted by atomic mass is 10.1. The van der Waals surface area contributed by atoms with Crippen molar-refractivity contribution in [3.8, 4) is 10.7 Å². The van der Waals surface area contributed by atoms with Crippen molar-refractivity contribution in [2.24, 2.45) is 7.05 Å². The maximum atomic E-state index is 12.9. The van der Waals surface area contributed by atoms with Crippen LogP contribution in [0.5, 0.6) is 0 Å². The van der Waals surface area contributed by atoms with E-state index in [4.69, 9.17) is 0 Å². The lowest BCUT2D eigenvalue weighted by Crippen LogP contribution is -2.35. The Hall–Kier alpha value is -2.01. The number of nitrogens with one attached hydrogen (secondary N) is 1. The Balaban J connectivity index is 1.51. The predicted octanol–water partition coefficient (Wildman–Crippen LogP) is 3.67. The number of carbonyl (C=O) groups is 1. The molecule has 1 amide bonds. The minimum Gasteiger partial charge on any atom is -0.347 e. The first kappa shape index (κ1) is 22.2.